The lowest BCUT2D eigenvalue weighted by Gasteiger charge is -2.21. The molecule has 0 spiro atoms. The number of rotatable bonds is 10. The number of alkyl halides is 3. The summed E-state index contributed by atoms with van der Waals surface area (Å²) in [5.74, 6) is -5.45. The van der Waals surface area contributed by atoms with Crippen LogP contribution in [0.25, 0.3) is 11.1 Å². The number of nitrogens with zero attached hydrogens (tertiary/aromatic N) is 2. The van der Waals surface area contributed by atoms with Crippen molar-refractivity contribution in [3.05, 3.63) is 117 Å². The number of sulfonamides is 1. The number of halogens is 6. The number of nitrogens with one attached hydrogen (secondary N) is 2. The van der Waals surface area contributed by atoms with Gasteiger partial charge in [-0.25, -0.2) is 21.6 Å². The Balaban J connectivity index is 0.00000146. The van der Waals surface area contributed by atoms with Gasteiger partial charge < -0.3 is 5.32 Å². The normalized spacial score (nSPS) is 14.4. The third-order valence-corrected chi connectivity index (χ3v) is 11.1. The molecule has 1 unspecified atom stereocenters. The maximum absolute atomic E-state index is 15.5. The lowest BCUT2D eigenvalue weighted by Crippen LogP contribution is -2.42. The van der Waals surface area contributed by atoms with E-state index in [2.05, 4.69) is 11.9 Å². The van der Waals surface area contributed by atoms with Crippen molar-refractivity contribution in [2.45, 2.75) is 110 Å². The van der Waals surface area contributed by atoms with Crippen LogP contribution in [0.5, 0.6) is 0 Å². The molecule has 1 aromatic heterocycles. The number of nitriles is 1. The number of anilines is 2. The van der Waals surface area contributed by atoms with Gasteiger partial charge in [-0.2, -0.15) is 23.0 Å². The monoisotopic (exact) mass is 831 g/mol. The molecule has 314 valence electrons. The predicted octanol–water partition coefficient (Wildman–Crippen LogP) is 11.5. The van der Waals surface area contributed by atoms with Crippen molar-refractivity contribution in [3.63, 3.8) is 0 Å². The van der Waals surface area contributed by atoms with Crippen LogP contribution in [0.1, 0.15) is 120 Å². The number of benzene rings is 3. The second kappa shape index (κ2) is 19.1. The Kier molecular flexibility index (Phi) is 15.0. The van der Waals surface area contributed by atoms with Crippen LogP contribution in [0, 0.1) is 28.8 Å². The summed E-state index contributed by atoms with van der Waals surface area (Å²) < 4.78 is 119. The highest BCUT2D eigenvalue weighted by Gasteiger charge is 2.42. The lowest BCUT2D eigenvalue weighted by molar-refractivity contribution is -0.701. The number of aryl methyl sites for hydroxylation is 2. The number of fused-ring (bicyclic) bond motifs is 2. The molecule has 0 saturated carbocycles. The molecule has 0 bridgehead atoms. The molecular formula is C44H53F6N4O3S+. The molecule has 0 radical (unpaired) electrons. The molecule has 58 heavy (non-hydrogen) atoms. The fourth-order valence-corrected chi connectivity index (χ4v) is 8.48. The van der Waals surface area contributed by atoms with Crippen molar-refractivity contribution in [2.24, 2.45) is 0 Å². The fraction of sp³-hybridized carbons (Fsp3) is 0.386. The first-order valence-electron chi connectivity index (χ1n) is 19.4. The number of carbonyl (C=O) groups is 1. The molecule has 2 heterocycles. The average Bonchev–Trinajstić information content (AvgIpc) is 3.62. The number of aromatic nitrogens is 1. The van der Waals surface area contributed by atoms with E-state index in [1.54, 1.807) is 42.0 Å². The molecule has 1 atom stereocenters. The number of hydrogen-bond donors (Lipinski definition) is 2. The van der Waals surface area contributed by atoms with E-state index >= 15 is 13.2 Å². The summed E-state index contributed by atoms with van der Waals surface area (Å²) in [7, 11) is -5.13. The van der Waals surface area contributed by atoms with Crippen molar-refractivity contribution >= 4 is 27.2 Å². The molecule has 0 amide bonds. The second-order valence-electron chi connectivity index (χ2n) is 14.2. The van der Waals surface area contributed by atoms with Gasteiger partial charge in [-0.05, 0) is 93.8 Å². The van der Waals surface area contributed by atoms with E-state index in [0.29, 0.717) is 42.5 Å². The van der Waals surface area contributed by atoms with Gasteiger partial charge in [0.25, 0.3) is 10.0 Å². The fourth-order valence-electron chi connectivity index (χ4n) is 7.23. The Morgan fingerprint density at radius 1 is 0.966 bits per heavy atom. The van der Waals surface area contributed by atoms with Crippen molar-refractivity contribution < 1.29 is 47.0 Å². The first-order valence-corrected chi connectivity index (χ1v) is 20.9. The first kappa shape index (κ1) is 45.5. The van der Waals surface area contributed by atoms with Gasteiger partial charge in [0.1, 0.15) is 6.07 Å². The van der Waals surface area contributed by atoms with Crippen molar-refractivity contribution in [1.29, 1.82) is 5.26 Å². The molecule has 2 N–H and O–H groups in total. The third kappa shape index (κ3) is 9.58. The smallest absolute Gasteiger partial charge is 0.382 e. The summed E-state index contributed by atoms with van der Waals surface area (Å²) in [6.45, 7) is 14.9. The predicted molar refractivity (Wildman–Crippen MR) is 218 cm³/mol. The number of Topliss-reactive ketones (excluding diaryl/α,β-unsaturated/α-hetero) is 1. The zero-order valence-electron chi connectivity index (χ0n) is 33.6. The summed E-state index contributed by atoms with van der Waals surface area (Å²) in [6, 6.07) is 10.4. The highest BCUT2D eigenvalue weighted by Crippen LogP contribution is 2.42. The van der Waals surface area contributed by atoms with Crippen LogP contribution in [0.15, 0.2) is 65.7 Å². The molecule has 6 rings (SSSR count). The number of ketones is 1. The van der Waals surface area contributed by atoms with E-state index < -0.39 is 67.3 Å². The molecule has 2 aliphatic rings. The summed E-state index contributed by atoms with van der Waals surface area (Å²) in [6.07, 6.45) is 0.895. The van der Waals surface area contributed by atoms with Crippen LogP contribution in [0.4, 0.5) is 37.7 Å². The zero-order chi connectivity index (χ0) is 43.1. The highest BCUT2D eigenvalue weighted by molar-refractivity contribution is 7.92. The van der Waals surface area contributed by atoms with Gasteiger partial charge in [0.05, 0.1) is 22.5 Å². The highest BCUT2D eigenvalue weighted by atomic mass is 32.2. The van der Waals surface area contributed by atoms with Crippen molar-refractivity contribution in [2.75, 3.05) is 16.6 Å². The van der Waals surface area contributed by atoms with Crippen LogP contribution < -0.4 is 14.6 Å². The summed E-state index contributed by atoms with van der Waals surface area (Å²) >= 11 is 0. The SMILES string of the molecule is C=C(C)C.CC.CCCNc1c(F)c(F)c(S(=O)(=O)Nc2ccc(C(=O)C3CCc4c(-c5cc6c(cc5C(F)(F)F)CCCC6)ccc[n+]43)cc2C#N)c(F)c1CC.[HH].[HH]. The quantitative estimate of drug-likeness (QED) is 0.0545. The first-order chi connectivity index (χ1) is 27.4. The van der Waals surface area contributed by atoms with Crippen LogP contribution in [0.2, 0.25) is 0 Å². The number of pyridine rings is 1. The van der Waals surface area contributed by atoms with Gasteiger partial charge in [0.2, 0.25) is 11.8 Å². The Labute approximate surface area is 339 Å². The van der Waals surface area contributed by atoms with Crippen LogP contribution in [0.3, 0.4) is 0 Å². The van der Waals surface area contributed by atoms with Crippen molar-refractivity contribution in [1.82, 2.24) is 0 Å². The Hall–Kier alpha value is -5.16. The standard InChI is InChI=1S/C38H34F6N4O3S.C4H8.C2H6.2H2/c1-3-15-46-35-25(4-2)32(39)37(34(41)33(35)40)52(50,51)47-29-12-11-23(17-24(29)20-45)36(49)31-14-13-30-26(10-7-16-48(30)31)27-18-21-8-5-6-9-22(21)19-28(27)38(42,43)44;1-4(2)3;1-2;;/h7,10-12,16-19,31,46H,3-6,8-9,13-15H2,1-2H3;1H2,2-3H3;1-2H3;2*1H/p+1. The van der Waals surface area contributed by atoms with Crippen molar-refractivity contribution in [3.8, 4) is 17.2 Å². The molecule has 0 saturated heterocycles. The number of allylic oxidation sites excluding steroid dienone is 1. The molecule has 14 heteroatoms. The van der Waals surface area contributed by atoms with Gasteiger partial charge in [0, 0.05) is 50.6 Å². The lowest BCUT2D eigenvalue weighted by atomic mass is 9.85. The topological polar surface area (TPSA) is 103 Å². The largest absolute Gasteiger partial charge is 0.417 e. The molecule has 1 aliphatic carbocycles. The summed E-state index contributed by atoms with van der Waals surface area (Å²) in [5.41, 5.74) is 1.39. The van der Waals surface area contributed by atoms with E-state index in [-0.39, 0.29) is 44.5 Å². The van der Waals surface area contributed by atoms with Crippen LogP contribution >= 0.6 is 0 Å². The Morgan fingerprint density at radius 2 is 1.60 bits per heavy atom. The zero-order valence-corrected chi connectivity index (χ0v) is 34.4. The number of hydrogen-bond acceptors (Lipinski definition) is 5. The third-order valence-electron chi connectivity index (χ3n) is 9.72. The molecule has 3 aromatic carbocycles. The molecule has 7 nitrogen and oxygen atoms in total. The van der Waals surface area contributed by atoms with Gasteiger partial charge >= 0.3 is 6.18 Å². The van der Waals surface area contributed by atoms with Gasteiger partial charge in [-0.15, -0.1) is 6.58 Å². The maximum Gasteiger partial charge on any atom is 0.417 e. The minimum Gasteiger partial charge on any atom is -0.382 e. The average molecular weight is 832 g/mol. The Morgan fingerprint density at radius 3 is 2.19 bits per heavy atom. The molecule has 0 fully saturated rings. The van der Waals surface area contributed by atoms with E-state index in [4.69, 9.17) is 0 Å². The van der Waals surface area contributed by atoms with E-state index in [9.17, 15) is 31.6 Å². The van der Waals surface area contributed by atoms with Crippen LogP contribution in [-0.2, 0) is 41.9 Å². The van der Waals surface area contributed by atoms with E-state index in [1.165, 1.54) is 24.6 Å². The number of carbonyl (C=O) groups excluding carboxylic acids is 1. The summed E-state index contributed by atoms with van der Waals surface area (Å²) in [4.78, 5) is 12.3. The minimum atomic E-state index is -5.13. The molecule has 1 aliphatic heterocycles. The van der Waals surface area contributed by atoms with E-state index in [0.717, 1.165) is 30.5 Å². The van der Waals surface area contributed by atoms with E-state index in [1.807, 2.05) is 32.4 Å². The molecule has 4 aromatic rings. The Bertz CT molecular complexity index is 2360. The van der Waals surface area contributed by atoms with Gasteiger partial charge in [-0.1, -0.05) is 39.3 Å². The van der Waals surface area contributed by atoms with Crippen LogP contribution in [-0.4, -0.2) is 20.7 Å². The minimum absolute atomic E-state index is 0. The summed E-state index contributed by atoms with van der Waals surface area (Å²) in [5, 5.41) is 12.5. The second-order valence-corrected chi connectivity index (χ2v) is 15.8. The van der Waals surface area contributed by atoms with Gasteiger partial charge in [-0.3, -0.25) is 9.52 Å². The maximum atomic E-state index is 15.5. The van der Waals surface area contributed by atoms with Gasteiger partial charge in [0.15, 0.2) is 34.2 Å². The molecular weight excluding hydrogens is 779 g/mol.